The predicted octanol–water partition coefficient (Wildman–Crippen LogP) is 0.277. The van der Waals surface area contributed by atoms with Crippen molar-refractivity contribution in [3.05, 3.63) is 53.6 Å². The van der Waals surface area contributed by atoms with E-state index in [0.717, 1.165) is 0 Å². The zero-order valence-corrected chi connectivity index (χ0v) is 15.8. The highest BCUT2D eigenvalue weighted by molar-refractivity contribution is 6.00. The first-order valence-corrected chi connectivity index (χ1v) is 9.47. The van der Waals surface area contributed by atoms with Gasteiger partial charge in [-0.2, -0.15) is 0 Å². The lowest BCUT2D eigenvalue weighted by Gasteiger charge is -2.39. The molecule has 1 unspecified atom stereocenters. The third-order valence-electron chi connectivity index (χ3n) is 5.26. The van der Waals surface area contributed by atoms with Crippen molar-refractivity contribution in [3.63, 3.8) is 0 Å². The van der Waals surface area contributed by atoms with Crippen LogP contribution in [0.1, 0.15) is 28.4 Å². The number of phenolic OH excluding ortho intramolecular Hbond substituents is 1. The second-order valence-electron chi connectivity index (χ2n) is 7.30. The number of fused-ring (bicyclic) bond motifs is 1. The number of phenols is 1. The second-order valence-corrected chi connectivity index (χ2v) is 7.30. The summed E-state index contributed by atoms with van der Waals surface area (Å²) in [5.74, 6) is 0.537. The molecule has 160 valence electrons. The second kappa shape index (κ2) is 8.21. The predicted molar refractivity (Wildman–Crippen MR) is 101 cm³/mol. The fourth-order valence-electron chi connectivity index (χ4n) is 3.56. The number of Topliss-reactive ketones (excluding diaryl/α,β-unsaturated/α-hetero) is 1. The highest BCUT2D eigenvalue weighted by atomic mass is 16.7. The summed E-state index contributed by atoms with van der Waals surface area (Å²) in [7, 11) is 0. The number of hydrogen-bond donors (Lipinski definition) is 5. The van der Waals surface area contributed by atoms with E-state index >= 15 is 0 Å². The number of ketones is 1. The molecule has 9 nitrogen and oxygen atoms in total. The third-order valence-corrected chi connectivity index (χ3v) is 5.26. The first kappa shape index (κ1) is 20.6. The maximum atomic E-state index is 12.4. The number of carbonyl (C=O) groups is 1. The van der Waals surface area contributed by atoms with Crippen LogP contribution < -0.4 is 9.47 Å². The summed E-state index contributed by atoms with van der Waals surface area (Å²) in [5.41, 5.74) is 1.13. The summed E-state index contributed by atoms with van der Waals surface area (Å²) >= 11 is 0. The molecular formula is C21H22O9. The van der Waals surface area contributed by atoms with Gasteiger partial charge in [-0.25, -0.2) is 0 Å². The molecule has 4 rings (SSSR count). The van der Waals surface area contributed by atoms with E-state index in [0.29, 0.717) is 22.6 Å². The first-order chi connectivity index (χ1) is 14.4. The molecule has 0 aliphatic carbocycles. The Kier molecular flexibility index (Phi) is 5.63. The number of ether oxygens (including phenoxy) is 3. The topological polar surface area (TPSA) is 146 Å². The summed E-state index contributed by atoms with van der Waals surface area (Å²) in [6, 6.07) is 10.9. The van der Waals surface area contributed by atoms with Gasteiger partial charge in [-0.15, -0.1) is 0 Å². The lowest BCUT2D eigenvalue weighted by atomic mass is 9.96. The van der Waals surface area contributed by atoms with Crippen molar-refractivity contribution in [3.8, 4) is 17.2 Å². The van der Waals surface area contributed by atoms with Gasteiger partial charge < -0.3 is 39.7 Å². The Morgan fingerprint density at radius 1 is 1.00 bits per heavy atom. The van der Waals surface area contributed by atoms with Gasteiger partial charge in [-0.3, -0.25) is 4.79 Å². The van der Waals surface area contributed by atoms with Crippen molar-refractivity contribution in [2.45, 2.75) is 43.2 Å². The molecule has 2 aromatic rings. The van der Waals surface area contributed by atoms with E-state index in [1.807, 2.05) is 0 Å². The van der Waals surface area contributed by atoms with Gasteiger partial charge in [-0.1, -0.05) is 12.1 Å². The molecule has 9 heteroatoms. The molecule has 2 aromatic carbocycles. The van der Waals surface area contributed by atoms with Crippen molar-refractivity contribution in [2.75, 3.05) is 6.61 Å². The number of aliphatic hydroxyl groups is 4. The summed E-state index contributed by atoms with van der Waals surface area (Å²) in [6.45, 7) is -0.548. The Bertz CT molecular complexity index is 911. The molecule has 2 aliphatic rings. The molecule has 0 spiro atoms. The van der Waals surface area contributed by atoms with E-state index in [1.54, 1.807) is 24.3 Å². The smallest absolute Gasteiger partial charge is 0.229 e. The van der Waals surface area contributed by atoms with E-state index in [1.165, 1.54) is 18.2 Å². The first-order valence-electron chi connectivity index (χ1n) is 9.47. The van der Waals surface area contributed by atoms with Crippen LogP contribution in [0.4, 0.5) is 0 Å². The van der Waals surface area contributed by atoms with E-state index in [9.17, 15) is 30.3 Å². The summed E-state index contributed by atoms with van der Waals surface area (Å²) in [4.78, 5) is 12.4. The molecule has 1 saturated heterocycles. The number of carbonyl (C=O) groups excluding carboxylic acids is 1. The number of hydrogen-bond acceptors (Lipinski definition) is 9. The van der Waals surface area contributed by atoms with E-state index in [2.05, 4.69) is 0 Å². The number of rotatable bonds is 4. The molecule has 0 bridgehead atoms. The van der Waals surface area contributed by atoms with Crippen molar-refractivity contribution in [1.82, 2.24) is 0 Å². The molecule has 6 atom stereocenters. The molecule has 1 fully saturated rings. The molecule has 30 heavy (non-hydrogen) atoms. The Hall–Kier alpha value is -2.69. The zero-order chi connectivity index (χ0) is 21.4. The van der Waals surface area contributed by atoms with E-state index < -0.39 is 43.4 Å². The summed E-state index contributed by atoms with van der Waals surface area (Å²) in [6.07, 6.45) is -7.24. The van der Waals surface area contributed by atoms with Crippen molar-refractivity contribution in [2.24, 2.45) is 0 Å². The Morgan fingerprint density at radius 3 is 2.43 bits per heavy atom. The minimum atomic E-state index is -1.53. The van der Waals surface area contributed by atoms with Crippen LogP contribution in [0.2, 0.25) is 0 Å². The number of benzene rings is 2. The van der Waals surface area contributed by atoms with Gasteiger partial charge in [0.05, 0.1) is 18.6 Å². The van der Waals surface area contributed by atoms with Gasteiger partial charge >= 0.3 is 0 Å². The Balaban J connectivity index is 1.46. The highest BCUT2D eigenvalue weighted by Gasteiger charge is 2.44. The zero-order valence-electron chi connectivity index (χ0n) is 15.8. The minimum absolute atomic E-state index is 0.00507. The fourth-order valence-corrected chi connectivity index (χ4v) is 3.56. The van der Waals surface area contributed by atoms with Crippen LogP contribution in [0.5, 0.6) is 17.2 Å². The van der Waals surface area contributed by atoms with Crippen LogP contribution in [-0.2, 0) is 4.74 Å². The van der Waals surface area contributed by atoms with Gasteiger partial charge in [-0.05, 0) is 29.8 Å². The standard InChI is InChI=1S/C21H22O9/c22-9-17-18(25)19(26)20(27)21(30-17)28-12-4-1-10(2-5-12)15-8-14(24)13-6-3-11(23)7-16(13)29-15/h1-7,15,17-23,25-27H,8-9H2/t15?,17-,18-,19-,20-,21-/m1/s1. The van der Waals surface area contributed by atoms with Gasteiger partial charge in [0.1, 0.15) is 47.8 Å². The molecule has 2 aliphatic heterocycles. The molecule has 0 radical (unpaired) electrons. The van der Waals surface area contributed by atoms with Crippen molar-refractivity contribution >= 4 is 5.78 Å². The summed E-state index contributed by atoms with van der Waals surface area (Å²) < 4.78 is 16.7. The van der Waals surface area contributed by atoms with Gasteiger partial charge in [0, 0.05) is 6.07 Å². The molecule has 2 heterocycles. The van der Waals surface area contributed by atoms with Crippen molar-refractivity contribution < 1.29 is 44.5 Å². The lowest BCUT2D eigenvalue weighted by Crippen LogP contribution is -2.60. The Labute approximate surface area is 171 Å². The van der Waals surface area contributed by atoms with E-state index in [-0.39, 0.29) is 18.0 Å². The molecule has 0 aromatic heterocycles. The van der Waals surface area contributed by atoms with E-state index in [4.69, 9.17) is 14.2 Å². The molecule has 0 amide bonds. The molecule has 5 N–H and O–H groups in total. The van der Waals surface area contributed by atoms with Gasteiger partial charge in [0.15, 0.2) is 5.78 Å². The largest absolute Gasteiger partial charge is 0.508 e. The Morgan fingerprint density at radius 2 is 1.73 bits per heavy atom. The van der Waals surface area contributed by atoms with Crippen LogP contribution in [0, 0.1) is 0 Å². The number of aromatic hydroxyl groups is 1. The monoisotopic (exact) mass is 418 g/mol. The fraction of sp³-hybridized carbons (Fsp3) is 0.381. The van der Waals surface area contributed by atoms with Crippen molar-refractivity contribution in [1.29, 1.82) is 0 Å². The van der Waals surface area contributed by atoms with Crippen LogP contribution in [0.25, 0.3) is 0 Å². The van der Waals surface area contributed by atoms with Crippen LogP contribution in [0.15, 0.2) is 42.5 Å². The molecular weight excluding hydrogens is 396 g/mol. The minimum Gasteiger partial charge on any atom is -0.508 e. The van der Waals surface area contributed by atoms with Crippen LogP contribution >= 0.6 is 0 Å². The quantitative estimate of drug-likeness (QED) is 0.472. The van der Waals surface area contributed by atoms with Gasteiger partial charge in [0.25, 0.3) is 0 Å². The highest BCUT2D eigenvalue weighted by Crippen LogP contribution is 2.37. The third kappa shape index (κ3) is 3.85. The summed E-state index contributed by atoms with van der Waals surface area (Å²) in [5, 5.41) is 48.6. The molecule has 0 saturated carbocycles. The maximum Gasteiger partial charge on any atom is 0.229 e. The average molecular weight is 418 g/mol. The van der Waals surface area contributed by atoms with Gasteiger partial charge in [0.2, 0.25) is 6.29 Å². The SMILES string of the molecule is O=C1CC(c2ccc(O[C@@H]3O[C@H](CO)[C@@H](O)[C@@H](O)[C@H]3O)cc2)Oc2cc(O)ccc21. The van der Waals surface area contributed by atoms with Crippen LogP contribution in [-0.4, -0.2) is 68.6 Å². The average Bonchev–Trinajstić information content (AvgIpc) is 2.74. The normalized spacial score (nSPS) is 31.0. The lowest BCUT2D eigenvalue weighted by molar-refractivity contribution is -0.277. The number of aliphatic hydroxyl groups excluding tert-OH is 4. The van der Waals surface area contributed by atoms with Crippen LogP contribution in [0.3, 0.4) is 0 Å². The maximum absolute atomic E-state index is 12.4.